The van der Waals surface area contributed by atoms with Crippen molar-refractivity contribution >= 4 is 33.3 Å². The fourth-order valence-electron chi connectivity index (χ4n) is 2.52. The zero-order valence-electron chi connectivity index (χ0n) is 15.4. The van der Waals surface area contributed by atoms with Gasteiger partial charge in [0.15, 0.2) is 5.78 Å². The minimum absolute atomic E-state index is 0.0264. The number of esters is 1. The highest BCUT2D eigenvalue weighted by atomic mass is 32.2. The molecule has 3 rings (SSSR count). The number of ether oxygens (including phenoxy) is 1. The summed E-state index contributed by atoms with van der Waals surface area (Å²) < 4.78 is 37.1. The lowest BCUT2D eigenvalue weighted by molar-refractivity contribution is -0.145. The van der Waals surface area contributed by atoms with Crippen LogP contribution < -0.4 is 4.72 Å². The molecule has 0 unspecified atom stereocenters. The second kappa shape index (κ2) is 7.15. The number of sulfonamides is 1. The topological polar surface area (TPSA) is 140 Å². The number of hydrogen-bond acceptors (Lipinski definition) is 9. The van der Waals surface area contributed by atoms with E-state index >= 15 is 0 Å². The smallest absolute Gasteiger partial charge is 0.343 e. The number of aryl methyl sites for hydroxylation is 1. The van der Waals surface area contributed by atoms with E-state index in [1.807, 2.05) is 0 Å². The van der Waals surface area contributed by atoms with Crippen molar-refractivity contribution in [3.63, 3.8) is 0 Å². The van der Waals surface area contributed by atoms with Crippen LogP contribution in [-0.2, 0) is 24.3 Å². The molecule has 1 aliphatic rings. The van der Waals surface area contributed by atoms with E-state index in [1.54, 1.807) is 13.8 Å². The summed E-state index contributed by atoms with van der Waals surface area (Å²) >= 11 is 0. The fraction of sp³-hybridized carbons (Fsp3) is 0.353. The molecule has 0 amide bonds. The number of azo groups is 1. The lowest BCUT2D eigenvalue weighted by Gasteiger charge is -2.13. The van der Waals surface area contributed by atoms with Crippen LogP contribution in [0.4, 0.5) is 11.6 Å². The summed E-state index contributed by atoms with van der Waals surface area (Å²) in [6.45, 7) is 4.73. The number of cyclic esters (lactones) is 1. The van der Waals surface area contributed by atoms with E-state index in [2.05, 4.69) is 20.1 Å². The van der Waals surface area contributed by atoms with Gasteiger partial charge >= 0.3 is 5.97 Å². The molecular formula is C17H18N4O6S. The summed E-state index contributed by atoms with van der Waals surface area (Å²) in [5.74, 6) is -1.14. The maximum atomic E-state index is 12.5. The van der Waals surface area contributed by atoms with Crippen molar-refractivity contribution in [3.05, 3.63) is 35.5 Å². The molecule has 0 radical (unpaired) electrons. The molecular weight excluding hydrogens is 388 g/mol. The van der Waals surface area contributed by atoms with Gasteiger partial charge in [-0.25, -0.2) is 17.9 Å². The van der Waals surface area contributed by atoms with Crippen LogP contribution in [-0.4, -0.2) is 37.5 Å². The maximum Gasteiger partial charge on any atom is 0.343 e. The van der Waals surface area contributed by atoms with Gasteiger partial charge in [-0.2, -0.15) is 10.2 Å². The Morgan fingerprint density at radius 3 is 2.43 bits per heavy atom. The number of rotatable bonds is 6. The Labute approximate surface area is 161 Å². The number of nitrogens with one attached hydrogen (secondary N) is 1. The fourth-order valence-corrected chi connectivity index (χ4v) is 3.57. The highest BCUT2D eigenvalue weighted by Crippen LogP contribution is 2.29. The number of aromatic nitrogens is 1. The predicted molar refractivity (Wildman–Crippen MR) is 96.7 cm³/mol. The summed E-state index contributed by atoms with van der Waals surface area (Å²) in [6, 6.07) is 5.46. The van der Waals surface area contributed by atoms with Crippen molar-refractivity contribution in [1.82, 2.24) is 5.16 Å². The highest BCUT2D eigenvalue weighted by molar-refractivity contribution is 7.92. The first kappa shape index (κ1) is 19.7. The molecule has 0 saturated carbocycles. The van der Waals surface area contributed by atoms with E-state index in [0.29, 0.717) is 11.3 Å². The average molecular weight is 406 g/mol. The molecule has 148 valence electrons. The molecule has 0 spiro atoms. The SMILES string of the molecule is CC(=O)[C@]1(N=Nc2ccc(S(=O)(=O)Nc3onc(C)c3C)cc2)CCOC1=O. The summed E-state index contributed by atoms with van der Waals surface area (Å²) in [6.07, 6.45) is 0.122. The third-order valence-electron chi connectivity index (χ3n) is 4.48. The Bertz CT molecular complexity index is 1060. The minimum Gasteiger partial charge on any atom is -0.463 e. The quantitative estimate of drug-likeness (QED) is 0.441. The maximum absolute atomic E-state index is 12.5. The van der Waals surface area contributed by atoms with Gasteiger partial charge in [0.2, 0.25) is 11.4 Å². The van der Waals surface area contributed by atoms with Gasteiger partial charge in [-0.15, -0.1) is 0 Å². The zero-order chi connectivity index (χ0) is 20.5. The minimum atomic E-state index is -3.89. The van der Waals surface area contributed by atoms with E-state index in [-0.39, 0.29) is 29.5 Å². The predicted octanol–water partition coefficient (Wildman–Crippen LogP) is 2.45. The second-order valence-corrected chi connectivity index (χ2v) is 8.01. The number of nitrogens with zero attached hydrogens (tertiary/aromatic N) is 3. The van der Waals surface area contributed by atoms with Crippen molar-refractivity contribution in [2.75, 3.05) is 11.3 Å². The molecule has 0 aliphatic carbocycles. The van der Waals surface area contributed by atoms with Crippen LogP contribution in [0.3, 0.4) is 0 Å². The second-order valence-electron chi connectivity index (χ2n) is 6.32. The van der Waals surface area contributed by atoms with Gasteiger partial charge < -0.3 is 9.26 Å². The first-order valence-electron chi connectivity index (χ1n) is 8.33. The molecule has 1 atom stereocenters. The molecule has 1 fully saturated rings. The normalized spacial score (nSPS) is 19.8. The standard InChI is InChI=1S/C17H18N4O6S/c1-10-11(2)19-27-15(10)20-28(24,25)14-6-4-13(5-7-14)18-21-17(12(3)22)8-9-26-16(17)23/h4-7,20H,8-9H2,1-3H3/t17-/m1/s1. The molecule has 1 aromatic carbocycles. The number of anilines is 1. The lowest BCUT2D eigenvalue weighted by atomic mass is 9.95. The highest BCUT2D eigenvalue weighted by Gasteiger charge is 2.50. The van der Waals surface area contributed by atoms with Crippen molar-refractivity contribution in [1.29, 1.82) is 0 Å². The van der Waals surface area contributed by atoms with Crippen molar-refractivity contribution < 1.29 is 27.3 Å². The summed E-state index contributed by atoms with van der Waals surface area (Å²) in [7, 11) is -3.89. The van der Waals surface area contributed by atoms with Gasteiger partial charge in [0.25, 0.3) is 10.0 Å². The number of carbonyl (C=O) groups excluding carboxylic acids is 2. The Morgan fingerprint density at radius 2 is 1.93 bits per heavy atom. The Hall–Kier alpha value is -3.08. The molecule has 0 bridgehead atoms. The Kier molecular flexibility index (Phi) is 5.02. The average Bonchev–Trinajstić information content (AvgIpc) is 3.18. The molecule has 1 aliphatic heterocycles. The number of Topliss-reactive ketones (excluding diaryl/α,β-unsaturated/α-hetero) is 1. The van der Waals surface area contributed by atoms with E-state index in [0.717, 1.165) is 0 Å². The van der Waals surface area contributed by atoms with E-state index in [9.17, 15) is 18.0 Å². The van der Waals surface area contributed by atoms with Gasteiger partial charge in [-0.05, 0) is 45.0 Å². The largest absolute Gasteiger partial charge is 0.463 e. The first-order chi connectivity index (χ1) is 13.2. The zero-order valence-corrected chi connectivity index (χ0v) is 16.2. The third-order valence-corrected chi connectivity index (χ3v) is 5.83. The Morgan fingerprint density at radius 1 is 1.25 bits per heavy atom. The van der Waals surface area contributed by atoms with Gasteiger partial charge in [0.05, 0.1) is 22.9 Å². The van der Waals surface area contributed by atoms with Crippen molar-refractivity contribution in [2.45, 2.75) is 37.6 Å². The molecule has 2 heterocycles. The molecule has 28 heavy (non-hydrogen) atoms. The van der Waals surface area contributed by atoms with Crippen molar-refractivity contribution in [3.8, 4) is 0 Å². The van der Waals surface area contributed by atoms with Gasteiger partial charge in [0, 0.05) is 12.0 Å². The van der Waals surface area contributed by atoms with Crippen LogP contribution in [0, 0.1) is 13.8 Å². The van der Waals surface area contributed by atoms with E-state index in [4.69, 9.17) is 9.26 Å². The van der Waals surface area contributed by atoms with Crippen LogP contribution in [0.15, 0.2) is 43.9 Å². The van der Waals surface area contributed by atoms with Crippen LogP contribution in [0.1, 0.15) is 24.6 Å². The van der Waals surface area contributed by atoms with Crippen LogP contribution >= 0.6 is 0 Å². The molecule has 1 saturated heterocycles. The molecule has 2 aromatic rings. The molecule has 10 nitrogen and oxygen atoms in total. The monoisotopic (exact) mass is 406 g/mol. The van der Waals surface area contributed by atoms with E-state index < -0.39 is 27.3 Å². The molecule has 11 heteroatoms. The molecule has 1 N–H and O–H groups in total. The summed E-state index contributed by atoms with van der Waals surface area (Å²) in [5, 5.41) is 11.5. The van der Waals surface area contributed by atoms with Gasteiger partial charge in [-0.1, -0.05) is 5.16 Å². The number of benzene rings is 1. The van der Waals surface area contributed by atoms with Gasteiger partial charge in [0.1, 0.15) is 0 Å². The third kappa shape index (κ3) is 3.52. The number of carbonyl (C=O) groups is 2. The molecule has 1 aromatic heterocycles. The lowest BCUT2D eigenvalue weighted by Crippen LogP contribution is -2.39. The summed E-state index contributed by atoms with van der Waals surface area (Å²) in [5.41, 5.74) is -0.176. The number of ketones is 1. The van der Waals surface area contributed by atoms with Gasteiger partial charge in [-0.3, -0.25) is 4.79 Å². The number of hydrogen-bond donors (Lipinski definition) is 1. The van der Waals surface area contributed by atoms with Crippen LogP contribution in [0.5, 0.6) is 0 Å². The van der Waals surface area contributed by atoms with Crippen LogP contribution in [0.25, 0.3) is 0 Å². The van der Waals surface area contributed by atoms with E-state index in [1.165, 1.54) is 31.2 Å². The Balaban J connectivity index is 1.80. The van der Waals surface area contributed by atoms with Crippen LogP contribution in [0.2, 0.25) is 0 Å². The first-order valence-corrected chi connectivity index (χ1v) is 9.81. The summed E-state index contributed by atoms with van der Waals surface area (Å²) in [4.78, 5) is 23.7. The van der Waals surface area contributed by atoms with Crippen molar-refractivity contribution in [2.24, 2.45) is 10.2 Å².